The van der Waals surface area contributed by atoms with E-state index in [0.29, 0.717) is 12.0 Å². The Morgan fingerprint density at radius 1 is 1.36 bits per heavy atom. The van der Waals surface area contributed by atoms with Gasteiger partial charge in [0.1, 0.15) is 18.0 Å². The molecule has 0 aromatic heterocycles. The summed E-state index contributed by atoms with van der Waals surface area (Å²) < 4.78 is 17.8. The summed E-state index contributed by atoms with van der Waals surface area (Å²) in [5.74, 6) is -1.57. The number of aliphatic hydroxyl groups is 1. The van der Waals surface area contributed by atoms with Crippen molar-refractivity contribution >= 4 is 11.9 Å². The van der Waals surface area contributed by atoms with Crippen LogP contribution in [0.4, 0.5) is 4.39 Å². The Kier molecular flexibility index (Phi) is 6.98. The van der Waals surface area contributed by atoms with Gasteiger partial charge in [0.15, 0.2) is 0 Å². The van der Waals surface area contributed by atoms with Crippen molar-refractivity contribution < 1.29 is 23.8 Å². The average molecular weight is 311 g/mol. The molecule has 0 saturated carbocycles. The van der Waals surface area contributed by atoms with Crippen molar-refractivity contribution in [1.29, 1.82) is 0 Å². The molecule has 0 aliphatic carbocycles. The maximum Gasteiger partial charge on any atom is 0.328 e. The molecule has 0 fully saturated rings. The van der Waals surface area contributed by atoms with Gasteiger partial charge in [0.05, 0.1) is 7.11 Å². The molecule has 1 aromatic rings. The molecule has 22 heavy (non-hydrogen) atoms. The summed E-state index contributed by atoms with van der Waals surface area (Å²) in [5.41, 5.74) is 0.550. The molecule has 0 aliphatic rings. The van der Waals surface area contributed by atoms with E-state index in [9.17, 15) is 19.1 Å². The van der Waals surface area contributed by atoms with Crippen molar-refractivity contribution in [1.82, 2.24) is 5.32 Å². The maximum atomic E-state index is 13.2. The molecule has 0 spiro atoms. The van der Waals surface area contributed by atoms with Gasteiger partial charge in [-0.15, -0.1) is 0 Å². The first-order valence-corrected chi connectivity index (χ1v) is 7.14. The van der Waals surface area contributed by atoms with E-state index in [1.807, 2.05) is 13.8 Å². The zero-order valence-electron chi connectivity index (χ0n) is 13.0. The van der Waals surface area contributed by atoms with Gasteiger partial charge in [-0.25, -0.2) is 9.18 Å². The van der Waals surface area contributed by atoms with Crippen LogP contribution in [-0.2, 0) is 20.7 Å². The third-order valence-corrected chi connectivity index (χ3v) is 3.13. The fourth-order valence-electron chi connectivity index (χ4n) is 2.06. The lowest BCUT2D eigenvalue weighted by molar-refractivity contribution is -0.146. The van der Waals surface area contributed by atoms with E-state index >= 15 is 0 Å². The summed E-state index contributed by atoms with van der Waals surface area (Å²) in [7, 11) is 1.21. The molecular weight excluding hydrogens is 289 g/mol. The molecule has 2 N–H and O–H groups in total. The second kappa shape index (κ2) is 8.48. The third-order valence-electron chi connectivity index (χ3n) is 3.13. The Labute approximate surface area is 129 Å². The van der Waals surface area contributed by atoms with Crippen molar-refractivity contribution in [2.24, 2.45) is 5.92 Å². The number of aliphatic hydroxyl groups excluding tert-OH is 1. The minimum atomic E-state index is -1.19. The van der Waals surface area contributed by atoms with Gasteiger partial charge in [-0.3, -0.25) is 4.79 Å². The normalized spacial score (nSPS) is 13.5. The summed E-state index contributed by atoms with van der Waals surface area (Å²) in [6.07, 6.45) is -0.816. The molecule has 2 atom stereocenters. The molecule has 5 nitrogen and oxygen atoms in total. The van der Waals surface area contributed by atoms with Crippen LogP contribution in [0.5, 0.6) is 0 Å². The summed E-state index contributed by atoms with van der Waals surface area (Å²) in [5, 5.41) is 12.2. The van der Waals surface area contributed by atoms with Crippen molar-refractivity contribution in [2.75, 3.05) is 7.11 Å². The van der Waals surface area contributed by atoms with Crippen LogP contribution < -0.4 is 5.32 Å². The van der Waals surface area contributed by atoms with Crippen LogP contribution in [0.2, 0.25) is 0 Å². The molecule has 1 amide bonds. The number of rotatable bonds is 7. The number of halogens is 1. The van der Waals surface area contributed by atoms with E-state index in [1.54, 1.807) is 6.07 Å². The van der Waals surface area contributed by atoms with E-state index in [0.717, 1.165) is 0 Å². The smallest absolute Gasteiger partial charge is 0.328 e. The van der Waals surface area contributed by atoms with Crippen LogP contribution in [0.25, 0.3) is 0 Å². The average Bonchev–Trinajstić information content (AvgIpc) is 2.44. The summed E-state index contributed by atoms with van der Waals surface area (Å²) in [6.45, 7) is 3.75. The van der Waals surface area contributed by atoms with E-state index in [2.05, 4.69) is 10.1 Å². The van der Waals surface area contributed by atoms with Crippen LogP contribution in [0, 0.1) is 11.7 Å². The first-order valence-electron chi connectivity index (χ1n) is 7.14. The van der Waals surface area contributed by atoms with Crippen molar-refractivity contribution in [3.05, 3.63) is 35.6 Å². The molecule has 0 heterocycles. The number of nitrogens with one attached hydrogen (secondary N) is 1. The highest BCUT2D eigenvalue weighted by molar-refractivity contribution is 5.86. The van der Waals surface area contributed by atoms with Crippen LogP contribution in [-0.4, -0.2) is 36.2 Å². The first-order chi connectivity index (χ1) is 10.3. The number of benzene rings is 1. The lowest BCUT2D eigenvalue weighted by atomic mass is 10.0. The minimum absolute atomic E-state index is 0.0879. The molecule has 0 saturated heterocycles. The Morgan fingerprint density at radius 2 is 2.05 bits per heavy atom. The minimum Gasteiger partial charge on any atom is -0.467 e. The Hall–Kier alpha value is -1.95. The van der Waals surface area contributed by atoms with Gasteiger partial charge < -0.3 is 15.2 Å². The monoisotopic (exact) mass is 311 g/mol. The van der Waals surface area contributed by atoms with Gasteiger partial charge in [-0.05, 0) is 30.0 Å². The number of esters is 1. The predicted octanol–water partition coefficient (Wildman–Crippen LogP) is 1.43. The maximum absolute atomic E-state index is 13.2. The molecule has 0 unspecified atom stereocenters. The van der Waals surface area contributed by atoms with Crippen LogP contribution in [0.1, 0.15) is 25.8 Å². The molecule has 0 aliphatic heterocycles. The van der Waals surface area contributed by atoms with Crippen LogP contribution in [0.3, 0.4) is 0 Å². The number of ether oxygens (including phenoxy) is 1. The Balaban J connectivity index is 2.77. The van der Waals surface area contributed by atoms with Gasteiger partial charge in [-0.2, -0.15) is 0 Å². The zero-order chi connectivity index (χ0) is 16.7. The van der Waals surface area contributed by atoms with Crippen molar-refractivity contribution in [2.45, 2.75) is 38.8 Å². The molecule has 1 aromatic carbocycles. The number of methoxy groups -OCH3 is 1. The second-order valence-electron chi connectivity index (χ2n) is 5.56. The van der Waals surface area contributed by atoms with E-state index in [-0.39, 0.29) is 12.3 Å². The lowest BCUT2D eigenvalue weighted by Crippen LogP contribution is -2.47. The topological polar surface area (TPSA) is 75.6 Å². The Bertz CT molecular complexity index is 519. The highest BCUT2D eigenvalue weighted by Crippen LogP contribution is 2.09. The summed E-state index contributed by atoms with van der Waals surface area (Å²) >= 11 is 0. The van der Waals surface area contributed by atoms with Crippen molar-refractivity contribution in [3.63, 3.8) is 0 Å². The number of hydrogen-bond acceptors (Lipinski definition) is 4. The van der Waals surface area contributed by atoms with Gasteiger partial charge in [-0.1, -0.05) is 26.0 Å². The number of carbonyl (C=O) groups is 2. The molecule has 6 heteroatoms. The third kappa shape index (κ3) is 5.81. The van der Waals surface area contributed by atoms with Gasteiger partial charge in [0, 0.05) is 6.42 Å². The zero-order valence-corrected chi connectivity index (χ0v) is 13.0. The van der Waals surface area contributed by atoms with Crippen molar-refractivity contribution in [3.8, 4) is 0 Å². The van der Waals surface area contributed by atoms with E-state index < -0.39 is 29.8 Å². The highest BCUT2D eigenvalue weighted by atomic mass is 19.1. The summed E-state index contributed by atoms with van der Waals surface area (Å²) in [6, 6.07) is 4.78. The first kappa shape index (κ1) is 18.1. The van der Waals surface area contributed by atoms with Crippen LogP contribution in [0.15, 0.2) is 24.3 Å². The van der Waals surface area contributed by atoms with Gasteiger partial charge in [0.2, 0.25) is 5.91 Å². The SMILES string of the molecule is COC(=O)[C@H](Cc1cccc(F)c1)NC(=O)[C@H](O)CC(C)C. The molecular formula is C16H22FNO4. The Morgan fingerprint density at radius 3 is 2.59 bits per heavy atom. The fourth-order valence-corrected chi connectivity index (χ4v) is 2.06. The number of hydrogen-bond donors (Lipinski definition) is 2. The lowest BCUT2D eigenvalue weighted by Gasteiger charge is -2.19. The van der Waals surface area contributed by atoms with E-state index in [1.165, 1.54) is 25.3 Å². The van der Waals surface area contributed by atoms with E-state index in [4.69, 9.17) is 0 Å². The predicted molar refractivity (Wildman–Crippen MR) is 79.5 cm³/mol. The summed E-state index contributed by atoms with van der Waals surface area (Å²) in [4.78, 5) is 23.7. The number of amides is 1. The standard InChI is InChI=1S/C16H22FNO4/c1-10(2)7-14(19)15(20)18-13(16(21)22-3)9-11-5-4-6-12(17)8-11/h4-6,8,10,13-14,19H,7,9H2,1-3H3,(H,18,20)/t13-,14+/m0/s1. The largest absolute Gasteiger partial charge is 0.467 e. The van der Waals surface area contributed by atoms with Crippen LogP contribution >= 0.6 is 0 Å². The fraction of sp³-hybridized carbons (Fsp3) is 0.500. The van der Waals surface area contributed by atoms with Gasteiger partial charge in [0.25, 0.3) is 0 Å². The quantitative estimate of drug-likeness (QED) is 0.747. The molecule has 0 radical (unpaired) electrons. The molecule has 122 valence electrons. The molecule has 1 rings (SSSR count). The highest BCUT2D eigenvalue weighted by Gasteiger charge is 2.25. The second-order valence-corrected chi connectivity index (χ2v) is 5.56. The van der Waals surface area contributed by atoms with Gasteiger partial charge >= 0.3 is 5.97 Å². The molecule has 0 bridgehead atoms. The number of carbonyl (C=O) groups excluding carboxylic acids is 2.